The fourth-order valence-electron chi connectivity index (χ4n) is 1.13. The maximum atomic E-state index is 13.1. The number of hydrogen-bond acceptors (Lipinski definition) is 2. The molecule has 0 aliphatic carbocycles. The topological polar surface area (TPSA) is 18.5 Å². The van der Waals surface area contributed by atoms with Gasteiger partial charge >= 0.3 is 0 Å². The van der Waals surface area contributed by atoms with Gasteiger partial charge < -0.3 is 9.47 Å². The molecule has 15 heavy (non-hydrogen) atoms. The van der Waals surface area contributed by atoms with E-state index in [1.807, 2.05) is 0 Å². The fraction of sp³-hybridized carbons (Fsp3) is 0.333. The zero-order chi connectivity index (χ0) is 11.6. The van der Waals surface area contributed by atoms with Crippen LogP contribution in [0.4, 0.5) is 17.6 Å². The molecule has 0 radical (unpaired) electrons. The van der Waals surface area contributed by atoms with Gasteiger partial charge in [-0.05, 0) is 0 Å². The lowest BCUT2D eigenvalue weighted by Crippen LogP contribution is -2.12. The summed E-state index contributed by atoms with van der Waals surface area (Å²) < 4.78 is 60.8. The Morgan fingerprint density at radius 1 is 0.933 bits per heavy atom. The van der Waals surface area contributed by atoms with Crippen LogP contribution in [-0.2, 0) is 9.47 Å². The molecule has 0 saturated heterocycles. The standard InChI is InChI=1S/C9H8F4O2/c1-14-9(15-2)6-7(12)4(10)3-5(11)8(6)13/h3,9H,1-2H3. The molecule has 2 nitrogen and oxygen atoms in total. The second kappa shape index (κ2) is 4.59. The molecule has 1 aromatic rings. The molecule has 0 saturated carbocycles. The summed E-state index contributed by atoms with van der Waals surface area (Å²) >= 11 is 0. The van der Waals surface area contributed by atoms with Crippen molar-refractivity contribution < 1.29 is 27.0 Å². The Bertz CT molecular complexity index is 337. The summed E-state index contributed by atoms with van der Waals surface area (Å²) in [6.07, 6.45) is -1.49. The Kier molecular flexibility index (Phi) is 3.65. The monoisotopic (exact) mass is 224 g/mol. The van der Waals surface area contributed by atoms with Crippen LogP contribution in [0.25, 0.3) is 0 Å². The van der Waals surface area contributed by atoms with E-state index in [1.165, 1.54) is 0 Å². The molecule has 0 bridgehead atoms. The van der Waals surface area contributed by atoms with Gasteiger partial charge in [0.2, 0.25) is 0 Å². The molecule has 0 heterocycles. The molecule has 0 spiro atoms. The minimum Gasteiger partial charge on any atom is -0.351 e. The first-order valence-corrected chi connectivity index (χ1v) is 3.91. The van der Waals surface area contributed by atoms with Crippen molar-refractivity contribution in [3.05, 3.63) is 34.9 Å². The Morgan fingerprint density at radius 3 is 1.67 bits per heavy atom. The molecule has 0 amide bonds. The summed E-state index contributed by atoms with van der Waals surface area (Å²) in [7, 11) is 2.19. The SMILES string of the molecule is COC(OC)c1c(F)c(F)cc(F)c1F. The zero-order valence-electron chi connectivity index (χ0n) is 7.98. The smallest absolute Gasteiger partial charge is 0.189 e. The average Bonchev–Trinajstić information content (AvgIpc) is 2.21. The molecular weight excluding hydrogens is 216 g/mol. The third-order valence-electron chi connectivity index (χ3n) is 1.81. The van der Waals surface area contributed by atoms with Crippen LogP contribution in [0.5, 0.6) is 0 Å². The Labute approximate surface area is 83.4 Å². The second-order valence-electron chi connectivity index (χ2n) is 2.69. The molecule has 0 fully saturated rings. The third-order valence-corrected chi connectivity index (χ3v) is 1.81. The maximum absolute atomic E-state index is 13.1. The minimum atomic E-state index is -1.53. The highest BCUT2D eigenvalue weighted by molar-refractivity contribution is 5.23. The Hall–Kier alpha value is -1.14. The number of hydrogen-bond donors (Lipinski definition) is 0. The van der Waals surface area contributed by atoms with E-state index in [4.69, 9.17) is 0 Å². The molecule has 0 aromatic heterocycles. The van der Waals surface area contributed by atoms with Crippen LogP contribution >= 0.6 is 0 Å². The lowest BCUT2D eigenvalue weighted by Gasteiger charge is -2.15. The van der Waals surface area contributed by atoms with Gasteiger partial charge in [0.25, 0.3) is 0 Å². The normalized spacial score (nSPS) is 11.1. The van der Waals surface area contributed by atoms with E-state index in [9.17, 15) is 17.6 Å². The van der Waals surface area contributed by atoms with Gasteiger partial charge in [-0.25, -0.2) is 17.6 Å². The molecule has 1 aromatic carbocycles. The van der Waals surface area contributed by atoms with E-state index in [0.29, 0.717) is 0 Å². The first kappa shape index (κ1) is 11.9. The maximum Gasteiger partial charge on any atom is 0.189 e. The van der Waals surface area contributed by atoms with Gasteiger partial charge in [0.1, 0.15) is 0 Å². The van der Waals surface area contributed by atoms with E-state index in [2.05, 4.69) is 9.47 Å². The highest BCUT2D eigenvalue weighted by atomic mass is 19.2. The highest BCUT2D eigenvalue weighted by Crippen LogP contribution is 2.27. The van der Waals surface area contributed by atoms with Crippen molar-refractivity contribution in [3.8, 4) is 0 Å². The fourth-order valence-corrected chi connectivity index (χ4v) is 1.13. The van der Waals surface area contributed by atoms with E-state index < -0.39 is 35.1 Å². The van der Waals surface area contributed by atoms with Gasteiger partial charge in [0.05, 0.1) is 5.56 Å². The van der Waals surface area contributed by atoms with E-state index in [1.54, 1.807) is 0 Å². The van der Waals surface area contributed by atoms with Crippen LogP contribution in [0, 0.1) is 23.3 Å². The molecule has 0 unspecified atom stereocenters. The minimum absolute atomic E-state index is 0.122. The van der Waals surface area contributed by atoms with Crippen molar-refractivity contribution >= 4 is 0 Å². The predicted octanol–water partition coefficient (Wildman–Crippen LogP) is 2.53. The van der Waals surface area contributed by atoms with Crippen LogP contribution in [0.2, 0.25) is 0 Å². The second-order valence-corrected chi connectivity index (χ2v) is 2.69. The molecule has 1 rings (SSSR count). The number of rotatable bonds is 3. The molecule has 84 valence electrons. The van der Waals surface area contributed by atoms with Crippen molar-refractivity contribution in [3.63, 3.8) is 0 Å². The molecule has 6 heteroatoms. The van der Waals surface area contributed by atoms with E-state index in [-0.39, 0.29) is 6.07 Å². The van der Waals surface area contributed by atoms with Crippen molar-refractivity contribution in [1.82, 2.24) is 0 Å². The quantitative estimate of drug-likeness (QED) is 0.446. The average molecular weight is 224 g/mol. The van der Waals surface area contributed by atoms with Gasteiger partial charge in [-0.15, -0.1) is 0 Å². The Balaban J connectivity index is 3.37. The van der Waals surface area contributed by atoms with Gasteiger partial charge in [-0.2, -0.15) is 0 Å². The molecule has 0 N–H and O–H groups in total. The summed E-state index contributed by atoms with van der Waals surface area (Å²) in [4.78, 5) is 0. The van der Waals surface area contributed by atoms with Crippen LogP contribution in [0.1, 0.15) is 11.9 Å². The first-order valence-electron chi connectivity index (χ1n) is 3.91. The number of benzene rings is 1. The van der Waals surface area contributed by atoms with Crippen molar-refractivity contribution in [2.24, 2.45) is 0 Å². The van der Waals surface area contributed by atoms with Crippen molar-refractivity contribution in [2.75, 3.05) is 14.2 Å². The van der Waals surface area contributed by atoms with Gasteiger partial charge in [0.15, 0.2) is 29.6 Å². The summed E-state index contributed by atoms with van der Waals surface area (Å²) in [5.74, 6) is -6.05. The molecule has 0 atom stereocenters. The molecule has 0 aliphatic rings. The number of ether oxygens (including phenoxy) is 2. The summed E-state index contributed by atoms with van der Waals surface area (Å²) in [5, 5.41) is 0. The van der Waals surface area contributed by atoms with Crippen LogP contribution in [0.15, 0.2) is 6.07 Å². The number of halogens is 4. The number of methoxy groups -OCH3 is 2. The van der Waals surface area contributed by atoms with Crippen LogP contribution < -0.4 is 0 Å². The lowest BCUT2D eigenvalue weighted by atomic mass is 10.1. The predicted molar refractivity (Wildman–Crippen MR) is 43.0 cm³/mol. The summed E-state index contributed by atoms with van der Waals surface area (Å²) in [5.41, 5.74) is -0.919. The van der Waals surface area contributed by atoms with Gasteiger partial charge in [-0.1, -0.05) is 0 Å². The Morgan fingerprint density at radius 2 is 1.33 bits per heavy atom. The highest BCUT2D eigenvalue weighted by Gasteiger charge is 2.25. The summed E-state index contributed by atoms with van der Waals surface area (Å²) in [6, 6.07) is 0.122. The largest absolute Gasteiger partial charge is 0.351 e. The van der Waals surface area contributed by atoms with Gasteiger partial charge in [0, 0.05) is 20.3 Å². The first-order chi connectivity index (χ1) is 7.02. The molecule has 0 aliphatic heterocycles. The zero-order valence-corrected chi connectivity index (χ0v) is 7.98. The van der Waals surface area contributed by atoms with Crippen LogP contribution in [0.3, 0.4) is 0 Å². The van der Waals surface area contributed by atoms with Crippen molar-refractivity contribution in [2.45, 2.75) is 6.29 Å². The molecular formula is C9H8F4O2. The van der Waals surface area contributed by atoms with Gasteiger partial charge in [-0.3, -0.25) is 0 Å². The van der Waals surface area contributed by atoms with Crippen LogP contribution in [-0.4, -0.2) is 14.2 Å². The lowest BCUT2D eigenvalue weighted by molar-refractivity contribution is -0.110. The van der Waals surface area contributed by atoms with Crippen molar-refractivity contribution in [1.29, 1.82) is 0 Å². The summed E-state index contributed by atoms with van der Waals surface area (Å²) in [6.45, 7) is 0. The third kappa shape index (κ3) is 2.10. The van der Waals surface area contributed by atoms with E-state index >= 15 is 0 Å². The van der Waals surface area contributed by atoms with E-state index in [0.717, 1.165) is 14.2 Å².